The minimum absolute atomic E-state index is 0.597. The van der Waals surface area contributed by atoms with Gasteiger partial charge in [-0.1, -0.05) is 0 Å². The predicted octanol–water partition coefficient (Wildman–Crippen LogP) is -0.312. The maximum atomic E-state index is 9.99. The number of rotatable bonds is 0. The summed E-state index contributed by atoms with van der Waals surface area (Å²) in [5, 5.41) is 0. The molecule has 0 aromatic heterocycles. The molecule has 0 atom stereocenters. The zero-order chi connectivity index (χ0) is 4.41. The van der Waals surface area contributed by atoms with Crippen LogP contribution < -0.4 is 5.43 Å². The van der Waals surface area contributed by atoms with Gasteiger partial charge < -0.3 is 0 Å². The first-order chi connectivity index (χ1) is 2.89. The van der Waals surface area contributed by atoms with Gasteiger partial charge in [0, 0.05) is 11.8 Å². The van der Waals surface area contributed by atoms with Crippen molar-refractivity contribution in [2.75, 3.05) is 13.1 Å². The first-order valence-electron chi connectivity index (χ1n) is 2.02. The van der Waals surface area contributed by atoms with Gasteiger partial charge in [-0.25, -0.2) is 0 Å². The van der Waals surface area contributed by atoms with Crippen LogP contribution in [0, 0.1) is 4.91 Å². The Hall–Kier alpha value is -0.600. The van der Waals surface area contributed by atoms with Gasteiger partial charge >= 0.3 is 0 Å². The van der Waals surface area contributed by atoms with Crippen molar-refractivity contribution in [2.24, 2.45) is 0 Å². The van der Waals surface area contributed by atoms with E-state index in [1.54, 1.807) is 0 Å². The largest absolute Gasteiger partial charge is 0.229 e. The zero-order valence-corrected chi connectivity index (χ0v) is 3.42. The van der Waals surface area contributed by atoms with Crippen LogP contribution in [0.5, 0.6) is 0 Å². The van der Waals surface area contributed by atoms with Gasteiger partial charge in [0.2, 0.25) is 6.54 Å². The molecule has 1 saturated heterocycles. The van der Waals surface area contributed by atoms with E-state index < -0.39 is 0 Å². The summed E-state index contributed by atoms with van der Waals surface area (Å²) in [6.07, 6.45) is 0.934. The molecule has 0 amide bonds. The Morgan fingerprint density at radius 1 is 1.67 bits per heavy atom. The molecule has 1 rings (SSSR count). The van der Waals surface area contributed by atoms with Gasteiger partial charge in [0.1, 0.15) is 11.4 Å². The van der Waals surface area contributed by atoms with Gasteiger partial charge in [-0.3, -0.25) is 0 Å². The third kappa shape index (κ3) is 0.478. The van der Waals surface area contributed by atoms with Crippen molar-refractivity contribution in [2.45, 2.75) is 6.42 Å². The lowest BCUT2D eigenvalue weighted by atomic mass is 10.5. The van der Waals surface area contributed by atoms with E-state index in [1.165, 1.54) is 0 Å². The van der Waals surface area contributed by atoms with Crippen LogP contribution in [-0.2, 0) is 0 Å². The van der Waals surface area contributed by atoms with E-state index in [9.17, 15) is 4.91 Å². The summed E-state index contributed by atoms with van der Waals surface area (Å²) in [5.41, 5.74) is 3.51. The van der Waals surface area contributed by atoms with E-state index in [4.69, 9.17) is 0 Å². The monoisotopic (exact) mass is 86.0 g/mol. The van der Waals surface area contributed by atoms with Crippen LogP contribution in [0.1, 0.15) is 6.42 Å². The van der Waals surface area contributed by atoms with Crippen LogP contribution in [0.2, 0.25) is 0 Å². The fourth-order valence-corrected chi connectivity index (χ4v) is 0.459. The third-order valence-electron chi connectivity index (χ3n) is 0.765. The molecule has 6 heavy (non-hydrogen) atoms. The van der Waals surface area contributed by atoms with Crippen molar-refractivity contribution in [3.05, 3.63) is 4.91 Å². The second kappa shape index (κ2) is 1.24. The molecule has 0 aromatic rings. The molecule has 0 aromatic carbocycles. The molecule has 0 saturated carbocycles. The molecule has 1 aliphatic heterocycles. The molecule has 3 nitrogen and oxygen atoms in total. The minimum Gasteiger partial charge on any atom is 0.0101 e. The Morgan fingerprint density at radius 3 is 2.67 bits per heavy atom. The topological polar surface area (TPSA) is 34.2 Å². The molecular formula is C3H6N2O+. The lowest BCUT2D eigenvalue weighted by Gasteiger charge is -1.63. The summed E-state index contributed by atoms with van der Waals surface area (Å²) < 4.78 is 0. The lowest BCUT2D eigenvalue weighted by Crippen LogP contribution is -2.07. The van der Waals surface area contributed by atoms with Crippen LogP contribution in [0.4, 0.5) is 0 Å². The summed E-state index contributed by atoms with van der Waals surface area (Å²) in [5.74, 6) is 0. The number of hydrogen-bond acceptors (Lipinski definition) is 1. The van der Waals surface area contributed by atoms with Gasteiger partial charge in [-0.2, -0.15) is 0 Å². The molecule has 0 spiro atoms. The van der Waals surface area contributed by atoms with Crippen LogP contribution in [0.25, 0.3) is 0 Å². The summed E-state index contributed by atoms with van der Waals surface area (Å²) >= 11 is 0. The second-order valence-electron chi connectivity index (χ2n) is 1.29. The minimum atomic E-state index is 0.597. The first-order valence-corrected chi connectivity index (χ1v) is 2.02. The van der Waals surface area contributed by atoms with E-state index in [0.717, 1.165) is 17.8 Å². The summed E-state index contributed by atoms with van der Waals surface area (Å²) in [6.45, 7) is 1.32. The maximum absolute atomic E-state index is 9.99. The molecule has 1 heterocycles. The number of hydrogen-bond donors (Lipinski definition) is 0. The van der Waals surface area contributed by atoms with Crippen molar-refractivity contribution in [3.8, 4) is 0 Å². The smallest absolute Gasteiger partial charge is 0.0101 e. The first kappa shape index (κ1) is 3.59. The SMILES string of the molecule is O=[N+]1CCC[N]1. The van der Waals surface area contributed by atoms with Gasteiger partial charge in [0.05, 0.1) is 4.91 Å². The van der Waals surface area contributed by atoms with E-state index >= 15 is 0 Å². The number of nitroso groups, excluding NO2 is 1. The quantitative estimate of drug-likeness (QED) is 0.372. The van der Waals surface area contributed by atoms with E-state index in [0.29, 0.717) is 6.54 Å². The van der Waals surface area contributed by atoms with Crippen molar-refractivity contribution in [1.82, 2.24) is 5.43 Å². The molecular weight excluding hydrogens is 80.0 g/mol. The average Bonchev–Trinajstić information content (AvgIpc) is 1.86. The van der Waals surface area contributed by atoms with Crippen molar-refractivity contribution >= 4 is 0 Å². The van der Waals surface area contributed by atoms with Gasteiger partial charge in [0.15, 0.2) is 0 Å². The molecule has 0 N–H and O–H groups in total. The molecule has 0 aliphatic carbocycles. The van der Waals surface area contributed by atoms with Crippen molar-refractivity contribution in [3.63, 3.8) is 0 Å². The summed E-state index contributed by atoms with van der Waals surface area (Å²) in [4.78, 5) is 10.7. The molecule has 0 bridgehead atoms. The lowest BCUT2D eigenvalue weighted by molar-refractivity contribution is -0.590. The molecule has 3 heteroatoms. The molecule has 1 aliphatic rings. The summed E-state index contributed by atoms with van der Waals surface area (Å²) in [7, 11) is 0. The number of nitrogens with zero attached hydrogens (tertiary/aromatic N) is 2. The normalized spacial score (nSPS) is 21.0. The fourth-order valence-electron chi connectivity index (χ4n) is 0.459. The van der Waals surface area contributed by atoms with Gasteiger partial charge in [0.25, 0.3) is 0 Å². The standard InChI is InChI=1S/C3H6N2O/c6-5-3-1-2-4-5/h1-3H2/q+1. The van der Waals surface area contributed by atoms with Crippen LogP contribution in [0.3, 0.4) is 0 Å². The van der Waals surface area contributed by atoms with Crippen molar-refractivity contribution in [1.29, 1.82) is 0 Å². The predicted molar refractivity (Wildman–Crippen MR) is 20.1 cm³/mol. The van der Waals surface area contributed by atoms with E-state index in [1.807, 2.05) is 0 Å². The highest BCUT2D eigenvalue weighted by molar-refractivity contribution is 4.38. The molecule has 1 radical (unpaired) electrons. The Morgan fingerprint density at radius 2 is 2.50 bits per heavy atom. The highest BCUT2D eigenvalue weighted by atomic mass is 16.3. The average molecular weight is 86.1 g/mol. The Kier molecular flexibility index (Phi) is 0.742. The molecule has 0 unspecified atom stereocenters. The second-order valence-corrected chi connectivity index (χ2v) is 1.29. The third-order valence-corrected chi connectivity index (χ3v) is 0.765. The highest BCUT2D eigenvalue weighted by Gasteiger charge is 2.17. The van der Waals surface area contributed by atoms with Crippen molar-refractivity contribution < 1.29 is 4.87 Å². The van der Waals surface area contributed by atoms with Crippen LogP contribution >= 0.6 is 0 Å². The summed E-state index contributed by atoms with van der Waals surface area (Å²) in [6, 6.07) is 0. The maximum Gasteiger partial charge on any atom is 0.229 e. The zero-order valence-electron chi connectivity index (χ0n) is 3.42. The highest BCUT2D eigenvalue weighted by Crippen LogP contribution is 1.86. The Bertz CT molecular complexity index is 63.2. The van der Waals surface area contributed by atoms with Gasteiger partial charge in [-0.05, 0) is 0 Å². The van der Waals surface area contributed by atoms with Crippen LogP contribution in [-0.4, -0.2) is 18.0 Å². The molecule has 1 fully saturated rings. The fraction of sp³-hybridized carbons (Fsp3) is 1.00. The van der Waals surface area contributed by atoms with E-state index in [-0.39, 0.29) is 0 Å². The van der Waals surface area contributed by atoms with Gasteiger partial charge in [-0.15, -0.1) is 0 Å². The Labute approximate surface area is 35.9 Å². The van der Waals surface area contributed by atoms with E-state index in [2.05, 4.69) is 5.43 Å². The Balaban J connectivity index is 2.37. The van der Waals surface area contributed by atoms with Crippen LogP contribution in [0.15, 0.2) is 0 Å². The molecule has 33 valence electrons.